The molecule has 12 nitrogen and oxygen atoms in total. The number of carbonyl (C=O) groups is 2. The van der Waals surface area contributed by atoms with Crippen molar-refractivity contribution in [3.63, 3.8) is 0 Å². The van der Waals surface area contributed by atoms with Gasteiger partial charge in [0.1, 0.15) is 12.8 Å². The molecule has 3 atom stereocenters. The number of nitrogens with zero attached hydrogens (tertiary/aromatic N) is 7. The highest BCUT2D eigenvalue weighted by molar-refractivity contribution is 5.94. The molecule has 15 heteroatoms. The van der Waals surface area contributed by atoms with Crippen LogP contribution < -0.4 is 15.5 Å². The first-order valence-corrected chi connectivity index (χ1v) is 19.0. The molecule has 0 bridgehead atoms. The van der Waals surface area contributed by atoms with Crippen molar-refractivity contribution in [1.29, 1.82) is 0 Å². The lowest BCUT2D eigenvalue weighted by atomic mass is 9.74. The zero-order valence-corrected chi connectivity index (χ0v) is 30.9. The molecule has 0 radical (unpaired) electrons. The maximum atomic E-state index is 15.9. The van der Waals surface area contributed by atoms with E-state index in [1.807, 2.05) is 66.7 Å². The number of pyridine rings is 1. The summed E-state index contributed by atoms with van der Waals surface area (Å²) in [6.45, 7) is 1.44. The van der Waals surface area contributed by atoms with E-state index in [0.29, 0.717) is 43.2 Å². The van der Waals surface area contributed by atoms with Crippen molar-refractivity contribution in [1.82, 2.24) is 34.7 Å². The molecule has 1 saturated carbocycles. The highest BCUT2D eigenvalue weighted by Crippen LogP contribution is 2.50. The molecule has 3 aromatic heterocycles. The third-order valence-electron chi connectivity index (χ3n) is 11.7. The van der Waals surface area contributed by atoms with Gasteiger partial charge in [-0.2, -0.15) is 0 Å². The van der Waals surface area contributed by atoms with Gasteiger partial charge in [0.05, 0.1) is 35.6 Å². The van der Waals surface area contributed by atoms with Crippen LogP contribution in [-0.4, -0.2) is 99.3 Å². The fraction of sp³-hybridized carbons (Fsp3) is 0.390. The number of hydrogen-bond acceptors (Lipinski definition) is 9. The lowest BCUT2D eigenvalue weighted by molar-refractivity contribution is -0.164. The third-order valence-corrected chi connectivity index (χ3v) is 11.7. The second-order valence-electron chi connectivity index (χ2n) is 15.3. The minimum Gasteiger partial charge on any atom is -0.445 e. The molecular weight excluding hydrogens is 724 g/mol. The number of benzene rings is 2. The van der Waals surface area contributed by atoms with Gasteiger partial charge in [-0.05, 0) is 54.6 Å². The van der Waals surface area contributed by atoms with E-state index in [4.69, 9.17) is 14.8 Å². The molecule has 2 aromatic carbocycles. The number of piperidine rings is 1. The fourth-order valence-electron chi connectivity index (χ4n) is 8.39. The van der Waals surface area contributed by atoms with E-state index in [0.717, 1.165) is 40.1 Å². The predicted molar refractivity (Wildman–Crippen MR) is 204 cm³/mol. The van der Waals surface area contributed by atoms with Gasteiger partial charge in [0, 0.05) is 63.2 Å². The van der Waals surface area contributed by atoms with E-state index in [9.17, 15) is 14.0 Å². The number of anilines is 3. The number of amides is 2. The molecule has 4 aliphatic rings. The average Bonchev–Trinajstić information content (AvgIpc) is 3.60. The summed E-state index contributed by atoms with van der Waals surface area (Å²) >= 11 is 0. The number of fused-ring (bicyclic) bond motifs is 2. The van der Waals surface area contributed by atoms with Gasteiger partial charge in [-0.15, -0.1) is 5.10 Å². The van der Waals surface area contributed by atoms with Gasteiger partial charge in [-0.3, -0.25) is 14.7 Å². The lowest BCUT2D eigenvalue weighted by Gasteiger charge is -2.45. The number of alkyl halides is 3. The molecule has 1 spiro atoms. The molecular formula is C41H42F3N9O3. The predicted octanol–water partition coefficient (Wildman–Crippen LogP) is 6.24. The van der Waals surface area contributed by atoms with Crippen LogP contribution in [0.3, 0.4) is 0 Å². The molecule has 56 heavy (non-hydrogen) atoms. The van der Waals surface area contributed by atoms with Crippen LogP contribution in [0.1, 0.15) is 46.4 Å². The Bertz CT molecular complexity index is 2290. The summed E-state index contributed by atoms with van der Waals surface area (Å²) in [6.07, 6.45) is 3.20. The zero-order chi connectivity index (χ0) is 38.6. The van der Waals surface area contributed by atoms with E-state index in [-0.39, 0.29) is 44.8 Å². The van der Waals surface area contributed by atoms with Crippen molar-refractivity contribution in [2.75, 3.05) is 50.0 Å². The molecule has 2 saturated heterocycles. The molecule has 9 rings (SSSR count). The SMILES string of the molecule is CNc1cc(N2CCc3c(-c4ccc(CN5CCC6(CCN(C(=O)OCc7ccccc7)C6)C(F)(F)C5)cn4)cccc32)nn2c(C(=O)N[C@@H]3C[C@@H]3F)cnc12. The molecule has 290 valence electrons. The third kappa shape index (κ3) is 6.56. The Morgan fingerprint density at radius 1 is 0.946 bits per heavy atom. The van der Waals surface area contributed by atoms with E-state index in [1.54, 1.807) is 18.1 Å². The number of imidazole rings is 1. The second-order valence-corrected chi connectivity index (χ2v) is 15.3. The normalized spacial score (nSPS) is 22.7. The highest BCUT2D eigenvalue weighted by Gasteiger charge is 2.60. The average molecular weight is 766 g/mol. The van der Waals surface area contributed by atoms with Crippen LogP contribution in [0.2, 0.25) is 0 Å². The van der Waals surface area contributed by atoms with Gasteiger partial charge >= 0.3 is 6.09 Å². The summed E-state index contributed by atoms with van der Waals surface area (Å²) in [4.78, 5) is 40.3. The second kappa shape index (κ2) is 14.1. The molecule has 2 N–H and O–H groups in total. The van der Waals surface area contributed by atoms with Crippen molar-refractivity contribution in [2.45, 2.75) is 57.0 Å². The van der Waals surface area contributed by atoms with E-state index in [1.165, 1.54) is 15.6 Å². The van der Waals surface area contributed by atoms with Crippen LogP contribution in [0.5, 0.6) is 0 Å². The zero-order valence-electron chi connectivity index (χ0n) is 30.9. The molecule has 2 amide bonds. The smallest absolute Gasteiger partial charge is 0.410 e. The van der Waals surface area contributed by atoms with E-state index in [2.05, 4.69) is 20.5 Å². The number of halogens is 3. The monoisotopic (exact) mass is 765 g/mol. The van der Waals surface area contributed by atoms with E-state index < -0.39 is 35.6 Å². The Morgan fingerprint density at radius 3 is 2.52 bits per heavy atom. The summed E-state index contributed by atoms with van der Waals surface area (Å²) in [6, 6.07) is 20.7. The first kappa shape index (κ1) is 36.0. The van der Waals surface area contributed by atoms with Crippen LogP contribution >= 0.6 is 0 Å². The van der Waals surface area contributed by atoms with Crippen LogP contribution in [0.15, 0.2) is 79.1 Å². The van der Waals surface area contributed by atoms with Crippen LogP contribution in [0, 0.1) is 5.41 Å². The highest BCUT2D eigenvalue weighted by atomic mass is 19.3. The maximum absolute atomic E-state index is 15.9. The standard InChI is InChI=1S/C41H42F3N9O3/c1-45-33-19-36(49-53-35(21-47-37(33)53)38(54)48-32-18-30(32)42)52-15-12-29-28(8-5-9-34(29)52)31-11-10-27(20-46-31)22-50-16-13-40(41(43,44)25-50)14-17-51(24-40)39(55)56-23-26-6-3-2-4-7-26/h2-11,19-21,30,32,45H,12-18,22-25H2,1H3,(H,48,54)/t30-,32+,40?/m0/s1. The number of ether oxygens (including phenoxy) is 1. The van der Waals surface area contributed by atoms with Gasteiger partial charge in [0.2, 0.25) is 0 Å². The van der Waals surface area contributed by atoms with Gasteiger partial charge in [0.25, 0.3) is 11.8 Å². The number of rotatable bonds is 9. The number of aromatic nitrogens is 4. The van der Waals surface area contributed by atoms with E-state index >= 15 is 8.78 Å². The summed E-state index contributed by atoms with van der Waals surface area (Å²) < 4.78 is 52.3. The van der Waals surface area contributed by atoms with Gasteiger partial charge in [-0.25, -0.2) is 27.5 Å². The van der Waals surface area contributed by atoms with Crippen molar-refractivity contribution < 1.29 is 27.5 Å². The number of hydrogen-bond donors (Lipinski definition) is 2. The van der Waals surface area contributed by atoms with Crippen LogP contribution in [0.25, 0.3) is 16.9 Å². The molecule has 3 fully saturated rings. The molecule has 5 aromatic rings. The first-order chi connectivity index (χ1) is 27.1. The molecule has 1 aliphatic carbocycles. The van der Waals surface area contributed by atoms with Gasteiger partial charge < -0.3 is 25.2 Å². The number of carbonyl (C=O) groups excluding carboxylic acids is 2. The first-order valence-electron chi connectivity index (χ1n) is 19.0. The molecule has 1 unspecified atom stereocenters. The Labute approximate surface area is 321 Å². The minimum atomic E-state index is -2.97. The summed E-state index contributed by atoms with van der Waals surface area (Å²) in [5.41, 5.74) is 5.65. The summed E-state index contributed by atoms with van der Waals surface area (Å²) in [5, 5.41) is 10.7. The van der Waals surface area contributed by atoms with Crippen LogP contribution in [-0.2, 0) is 24.3 Å². The largest absolute Gasteiger partial charge is 0.445 e. The maximum Gasteiger partial charge on any atom is 0.410 e. The van der Waals surface area contributed by atoms with Crippen molar-refractivity contribution >= 4 is 34.8 Å². The Morgan fingerprint density at radius 2 is 1.77 bits per heavy atom. The summed E-state index contributed by atoms with van der Waals surface area (Å²) in [5.74, 6) is -2.78. The topological polar surface area (TPSA) is 120 Å². The Balaban J connectivity index is 0.863. The quantitative estimate of drug-likeness (QED) is 0.180. The Hall–Kier alpha value is -5.70. The van der Waals surface area contributed by atoms with Gasteiger partial charge in [-0.1, -0.05) is 48.5 Å². The van der Waals surface area contributed by atoms with Crippen molar-refractivity contribution in [3.05, 3.63) is 102 Å². The number of likely N-dealkylation sites (tertiary alicyclic amines) is 2. The lowest BCUT2D eigenvalue weighted by Crippen LogP contribution is -2.56. The molecule has 6 heterocycles. The van der Waals surface area contributed by atoms with Gasteiger partial charge in [0.15, 0.2) is 17.2 Å². The minimum absolute atomic E-state index is 0.0119. The summed E-state index contributed by atoms with van der Waals surface area (Å²) in [7, 11) is 1.78. The molecule has 3 aliphatic heterocycles. The fourth-order valence-corrected chi connectivity index (χ4v) is 8.39. The van der Waals surface area contributed by atoms with Crippen molar-refractivity contribution in [2.24, 2.45) is 5.41 Å². The number of nitrogens with one attached hydrogen (secondary N) is 2. The Kier molecular flexibility index (Phi) is 9.06. The van der Waals surface area contributed by atoms with Crippen molar-refractivity contribution in [3.8, 4) is 11.3 Å². The van der Waals surface area contributed by atoms with Crippen LogP contribution in [0.4, 0.5) is 35.2 Å².